The van der Waals surface area contributed by atoms with Crippen LogP contribution in [0.25, 0.3) is 22.2 Å². The van der Waals surface area contributed by atoms with Gasteiger partial charge in [0, 0.05) is 20.1 Å². The number of ether oxygens (including phenoxy) is 1. The average molecular weight is 381 g/mol. The maximum Gasteiger partial charge on any atom is 0.182 e. The molecule has 3 heterocycles. The predicted octanol–water partition coefficient (Wildman–Crippen LogP) is 2.92. The minimum atomic E-state index is -0.237. The molecule has 4 aromatic rings. The zero-order valence-corrected chi connectivity index (χ0v) is 15.4. The van der Waals surface area contributed by atoms with E-state index in [9.17, 15) is 4.39 Å². The Morgan fingerprint density at radius 3 is 3.00 bits per heavy atom. The standard InChI is InChI=1S/C19H20FN7O/c1-28-12-4-10(5-12)13-6-11(20)7-14-16(13)27-15(26-14)2-3-21-18-17-19(23-8-22-17)25-9-24-18/h6-10,12H,2-5H2,1H3,(H,26,27)(H2,21,22,23,24,25). The summed E-state index contributed by atoms with van der Waals surface area (Å²) in [4.78, 5) is 23.5. The third-order valence-electron chi connectivity index (χ3n) is 5.38. The molecule has 3 N–H and O–H groups in total. The number of anilines is 1. The van der Waals surface area contributed by atoms with Crippen molar-refractivity contribution in [3.05, 3.63) is 42.0 Å². The first-order valence-corrected chi connectivity index (χ1v) is 9.30. The molecule has 0 bridgehead atoms. The number of nitrogens with zero attached hydrogens (tertiary/aromatic N) is 4. The Morgan fingerprint density at radius 1 is 1.25 bits per heavy atom. The minimum Gasteiger partial charge on any atom is -0.381 e. The average Bonchev–Trinajstić information content (AvgIpc) is 3.27. The van der Waals surface area contributed by atoms with Crippen LogP contribution in [0.5, 0.6) is 0 Å². The molecular formula is C19H20FN7O. The van der Waals surface area contributed by atoms with Crippen molar-refractivity contribution in [2.75, 3.05) is 19.0 Å². The maximum absolute atomic E-state index is 14.1. The number of aromatic nitrogens is 6. The number of fused-ring (bicyclic) bond motifs is 2. The van der Waals surface area contributed by atoms with Crippen LogP contribution in [0.4, 0.5) is 10.2 Å². The van der Waals surface area contributed by atoms with Crippen molar-refractivity contribution in [3.8, 4) is 0 Å². The molecule has 0 aliphatic heterocycles. The lowest BCUT2D eigenvalue weighted by atomic mass is 9.77. The van der Waals surface area contributed by atoms with Gasteiger partial charge < -0.3 is 20.0 Å². The zero-order chi connectivity index (χ0) is 19.1. The molecule has 1 saturated carbocycles. The van der Waals surface area contributed by atoms with Crippen molar-refractivity contribution in [1.29, 1.82) is 0 Å². The van der Waals surface area contributed by atoms with E-state index in [0.29, 0.717) is 30.3 Å². The quantitative estimate of drug-likeness (QED) is 0.474. The molecule has 0 radical (unpaired) electrons. The molecule has 28 heavy (non-hydrogen) atoms. The van der Waals surface area contributed by atoms with Crippen LogP contribution in [-0.4, -0.2) is 49.7 Å². The Kier molecular flexibility index (Phi) is 4.16. The third-order valence-corrected chi connectivity index (χ3v) is 5.38. The molecule has 0 spiro atoms. The van der Waals surface area contributed by atoms with Crippen LogP contribution in [0.15, 0.2) is 24.8 Å². The monoisotopic (exact) mass is 381 g/mol. The van der Waals surface area contributed by atoms with Crippen LogP contribution in [0, 0.1) is 5.82 Å². The van der Waals surface area contributed by atoms with E-state index in [-0.39, 0.29) is 11.9 Å². The van der Waals surface area contributed by atoms with Gasteiger partial charge in [-0.2, -0.15) is 0 Å². The summed E-state index contributed by atoms with van der Waals surface area (Å²) in [6.07, 6.45) is 5.81. The molecule has 0 saturated heterocycles. The first-order chi connectivity index (χ1) is 13.7. The Bertz CT molecular complexity index is 1130. The van der Waals surface area contributed by atoms with Gasteiger partial charge in [-0.1, -0.05) is 0 Å². The number of nitrogens with one attached hydrogen (secondary N) is 3. The fraction of sp³-hybridized carbons (Fsp3) is 0.368. The Balaban J connectivity index is 1.33. The second-order valence-electron chi connectivity index (χ2n) is 7.10. The number of H-pyrrole nitrogens is 2. The number of rotatable bonds is 6. The zero-order valence-electron chi connectivity index (χ0n) is 15.4. The number of hydrogen-bond acceptors (Lipinski definition) is 6. The largest absolute Gasteiger partial charge is 0.381 e. The molecule has 5 rings (SSSR count). The highest BCUT2D eigenvalue weighted by Crippen LogP contribution is 2.41. The summed E-state index contributed by atoms with van der Waals surface area (Å²) >= 11 is 0. The summed E-state index contributed by atoms with van der Waals surface area (Å²) < 4.78 is 19.4. The molecule has 3 aromatic heterocycles. The second kappa shape index (κ2) is 6.83. The van der Waals surface area contributed by atoms with Gasteiger partial charge in [0.25, 0.3) is 0 Å². The molecule has 1 fully saturated rings. The van der Waals surface area contributed by atoms with Crippen molar-refractivity contribution in [2.45, 2.75) is 31.3 Å². The van der Waals surface area contributed by atoms with Crippen LogP contribution < -0.4 is 5.32 Å². The fourth-order valence-corrected chi connectivity index (χ4v) is 3.80. The first kappa shape index (κ1) is 17.1. The van der Waals surface area contributed by atoms with Gasteiger partial charge >= 0.3 is 0 Å². The van der Waals surface area contributed by atoms with Gasteiger partial charge in [-0.05, 0) is 36.5 Å². The van der Waals surface area contributed by atoms with E-state index in [2.05, 4.69) is 30.2 Å². The van der Waals surface area contributed by atoms with Gasteiger partial charge in [0.2, 0.25) is 0 Å². The number of methoxy groups -OCH3 is 1. The fourth-order valence-electron chi connectivity index (χ4n) is 3.80. The smallest absolute Gasteiger partial charge is 0.182 e. The molecule has 144 valence electrons. The third kappa shape index (κ3) is 2.97. The van der Waals surface area contributed by atoms with Gasteiger partial charge in [0.15, 0.2) is 11.5 Å². The molecular weight excluding hydrogens is 361 g/mol. The van der Waals surface area contributed by atoms with Crippen LogP contribution in [0.2, 0.25) is 0 Å². The van der Waals surface area contributed by atoms with Crippen molar-refractivity contribution < 1.29 is 9.13 Å². The topological polar surface area (TPSA) is 104 Å². The van der Waals surface area contributed by atoms with Crippen LogP contribution in [0.1, 0.15) is 30.1 Å². The minimum absolute atomic E-state index is 0.237. The number of hydrogen-bond donors (Lipinski definition) is 3. The van der Waals surface area contributed by atoms with E-state index in [0.717, 1.165) is 40.8 Å². The van der Waals surface area contributed by atoms with Gasteiger partial charge in [0.05, 0.1) is 23.5 Å². The van der Waals surface area contributed by atoms with E-state index in [1.165, 1.54) is 12.4 Å². The van der Waals surface area contributed by atoms with Crippen molar-refractivity contribution in [1.82, 2.24) is 29.9 Å². The van der Waals surface area contributed by atoms with Crippen molar-refractivity contribution >= 4 is 28.0 Å². The summed E-state index contributed by atoms with van der Waals surface area (Å²) in [5.41, 5.74) is 3.96. The van der Waals surface area contributed by atoms with Crippen LogP contribution in [-0.2, 0) is 11.2 Å². The van der Waals surface area contributed by atoms with E-state index in [1.807, 2.05) is 0 Å². The Hall–Kier alpha value is -3.07. The van der Waals surface area contributed by atoms with Crippen molar-refractivity contribution in [3.63, 3.8) is 0 Å². The summed E-state index contributed by atoms with van der Waals surface area (Å²) in [7, 11) is 1.72. The second-order valence-corrected chi connectivity index (χ2v) is 7.10. The van der Waals surface area contributed by atoms with Gasteiger partial charge in [-0.15, -0.1) is 0 Å². The van der Waals surface area contributed by atoms with Gasteiger partial charge in [-0.25, -0.2) is 24.3 Å². The number of aromatic amines is 2. The normalized spacial score (nSPS) is 19.2. The Morgan fingerprint density at radius 2 is 2.14 bits per heavy atom. The lowest BCUT2D eigenvalue weighted by molar-refractivity contribution is 0.0260. The lowest BCUT2D eigenvalue weighted by Crippen LogP contribution is -2.28. The molecule has 1 aliphatic carbocycles. The molecule has 1 aliphatic rings. The highest BCUT2D eigenvalue weighted by atomic mass is 19.1. The first-order valence-electron chi connectivity index (χ1n) is 9.30. The number of halogens is 1. The molecule has 0 atom stereocenters. The van der Waals surface area contributed by atoms with E-state index < -0.39 is 0 Å². The number of imidazole rings is 2. The van der Waals surface area contributed by atoms with Crippen molar-refractivity contribution in [2.24, 2.45) is 0 Å². The van der Waals surface area contributed by atoms with Gasteiger partial charge in [-0.3, -0.25) is 0 Å². The Labute approximate surface area is 160 Å². The molecule has 9 heteroatoms. The SMILES string of the molecule is COC1CC(c2cc(F)cc3[nH]c(CCNc4ncnc5nc[nH]c45)nc23)C1. The van der Waals surface area contributed by atoms with E-state index in [4.69, 9.17) is 9.72 Å². The molecule has 0 amide bonds. The highest BCUT2D eigenvalue weighted by Gasteiger charge is 2.32. The number of benzene rings is 1. The maximum atomic E-state index is 14.1. The summed E-state index contributed by atoms with van der Waals surface area (Å²) in [5.74, 6) is 1.57. The lowest BCUT2D eigenvalue weighted by Gasteiger charge is -2.34. The molecule has 1 aromatic carbocycles. The molecule has 0 unspecified atom stereocenters. The van der Waals surface area contributed by atoms with E-state index in [1.54, 1.807) is 19.5 Å². The van der Waals surface area contributed by atoms with E-state index >= 15 is 0 Å². The summed E-state index contributed by atoms with van der Waals surface area (Å²) in [5, 5.41) is 3.28. The molecule has 8 nitrogen and oxygen atoms in total. The summed E-state index contributed by atoms with van der Waals surface area (Å²) in [6.45, 7) is 0.623. The van der Waals surface area contributed by atoms with Crippen LogP contribution in [0.3, 0.4) is 0 Å². The summed E-state index contributed by atoms with van der Waals surface area (Å²) in [6, 6.07) is 3.12. The highest BCUT2D eigenvalue weighted by molar-refractivity contribution is 5.82. The van der Waals surface area contributed by atoms with Crippen LogP contribution >= 0.6 is 0 Å². The van der Waals surface area contributed by atoms with Gasteiger partial charge in [0.1, 0.15) is 23.5 Å². The predicted molar refractivity (Wildman–Crippen MR) is 103 cm³/mol.